The van der Waals surface area contributed by atoms with Crippen LogP contribution in [0.1, 0.15) is 44.6 Å². The molecule has 21 heavy (non-hydrogen) atoms. The predicted molar refractivity (Wildman–Crippen MR) is 90.9 cm³/mol. The van der Waals surface area contributed by atoms with Crippen LogP contribution >= 0.6 is 11.6 Å². The molecule has 1 unspecified atom stereocenters. The van der Waals surface area contributed by atoms with Gasteiger partial charge in [0.2, 0.25) is 0 Å². The lowest BCUT2D eigenvalue weighted by Gasteiger charge is -2.19. The van der Waals surface area contributed by atoms with Gasteiger partial charge in [-0.1, -0.05) is 43.6 Å². The van der Waals surface area contributed by atoms with Crippen molar-refractivity contribution in [3.8, 4) is 0 Å². The average Bonchev–Trinajstić information content (AvgIpc) is 2.43. The minimum atomic E-state index is -2.95. The van der Waals surface area contributed by atoms with Gasteiger partial charge in [-0.2, -0.15) is 0 Å². The van der Waals surface area contributed by atoms with Gasteiger partial charge in [0, 0.05) is 17.3 Å². The molecule has 0 saturated carbocycles. The standard InChI is InChI=1S/C16H26ClNO2S/c1-3-10-18-13-14(9-12-21(19,20)11-4-2)15-7-5-6-8-16(15)17/h5-8,14,18H,3-4,9-13H2,1-2H3. The van der Waals surface area contributed by atoms with Gasteiger partial charge in [0.05, 0.1) is 5.75 Å². The maximum atomic E-state index is 11.9. The lowest BCUT2D eigenvalue weighted by Crippen LogP contribution is -2.24. The van der Waals surface area contributed by atoms with Crippen LogP contribution < -0.4 is 5.32 Å². The first-order valence-electron chi connectivity index (χ1n) is 7.65. The van der Waals surface area contributed by atoms with Gasteiger partial charge in [-0.25, -0.2) is 8.42 Å². The van der Waals surface area contributed by atoms with E-state index in [-0.39, 0.29) is 17.4 Å². The van der Waals surface area contributed by atoms with E-state index in [2.05, 4.69) is 12.2 Å². The maximum Gasteiger partial charge on any atom is 0.150 e. The van der Waals surface area contributed by atoms with Gasteiger partial charge in [-0.3, -0.25) is 0 Å². The fraction of sp³-hybridized carbons (Fsp3) is 0.625. The van der Waals surface area contributed by atoms with Crippen LogP contribution in [0.25, 0.3) is 0 Å². The van der Waals surface area contributed by atoms with Gasteiger partial charge in [0.1, 0.15) is 9.84 Å². The fourth-order valence-corrected chi connectivity index (χ4v) is 4.12. The molecule has 1 N–H and O–H groups in total. The molecule has 120 valence electrons. The third-order valence-corrected chi connectivity index (χ3v) is 5.69. The van der Waals surface area contributed by atoms with Crippen molar-refractivity contribution in [2.45, 2.75) is 39.0 Å². The Labute approximate surface area is 134 Å². The highest BCUT2D eigenvalue weighted by Crippen LogP contribution is 2.27. The smallest absolute Gasteiger partial charge is 0.150 e. The topological polar surface area (TPSA) is 46.2 Å². The Hall–Kier alpha value is -0.580. The predicted octanol–water partition coefficient (Wildman–Crippen LogP) is 3.64. The molecule has 0 heterocycles. The van der Waals surface area contributed by atoms with E-state index < -0.39 is 9.84 Å². The van der Waals surface area contributed by atoms with E-state index in [0.29, 0.717) is 17.9 Å². The van der Waals surface area contributed by atoms with E-state index in [1.54, 1.807) is 0 Å². The Morgan fingerprint density at radius 2 is 1.86 bits per heavy atom. The molecule has 0 aliphatic heterocycles. The minimum absolute atomic E-state index is 0.136. The number of rotatable bonds is 10. The molecule has 0 saturated heterocycles. The number of sulfone groups is 1. The van der Waals surface area contributed by atoms with Gasteiger partial charge in [0.25, 0.3) is 0 Å². The van der Waals surface area contributed by atoms with Crippen molar-refractivity contribution < 1.29 is 8.42 Å². The number of hydrogen-bond acceptors (Lipinski definition) is 3. The molecule has 0 bridgehead atoms. The highest BCUT2D eigenvalue weighted by Gasteiger charge is 2.18. The maximum absolute atomic E-state index is 11.9. The van der Waals surface area contributed by atoms with Crippen molar-refractivity contribution in [2.75, 3.05) is 24.6 Å². The van der Waals surface area contributed by atoms with Gasteiger partial charge in [-0.05, 0) is 43.4 Å². The third-order valence-electron chi connectivity index (χ3n) is 3.46. The summed E-state index contributed by atoms with van der Waals surface area (Å²) in [7, 11) is -2.95. The van der Waals surface area contributed by atoms with E-state index >= 15 is 0 Å². The highest BCUT2D eigenvalue weighted by atomic mass is 35.5. The van der Waals surface area contributed by atoms with Gasteiger partial charge in [-0.15, -0.1) is 0 Å². The van der Waals surface area contributed by atoms with Crippen LogP contribution in [0.5, 0.6) is 0 Å². The van der Waals surface area contributed by atoms with Gasteiger partial charge >= 0.3 is 0 Å². The third kappa shape index (κ3) is 6.81. The summed E-state index contributed by atoms with van der Waals surface area (Å²) >= 11 is 6.27. The van der Waals surface area contributed by atoms with E-state index in [1.807, 2.05) is 31.2 Å². The molecular formula is C16H26ClNO2S. The molecule has 0 fully saturated rings. The molecule has 1 aromatic rings. The first-order valence-corrected chi connectivity index (χ1v) is 9.85. The molecule has 1 aromatic carbocycles. The number of halogens is 1. The summed E-state index contributed by atoms with van der Waals surface area (Å²) in [5, 5.41) is 4.09. The lowest BCUT2D eigenvalue weighted by atomic mass is 9.96. The van der Waals surface area contributed by atoms with Crippen molar-refractivity contribution >= 4 is 21.4 Å². The molecule has 0 spiro atoms. The molecule has 0 aliphatic rings. The zero-order valence-corrected chi connectivity index (χ0v) is 14.5. The SMILES string of the molecule is CCCNCC(CCS(=O)(=O)CCC)c1ccccc1Cl. The second kappa shape index (κ2) is 9.44. The van der Waals surface area contributed by atoms with Crippen LogP contribution in [-0.2, 0) is 9.84 Å². The summed E-state index contributed by atoms with van der Waals surface area (Å²) in [4.78, 5) is 0. The quantitative estimate of drug-likeness (QED) is 0.666. The van der Waals surface area contributed by atoms with E-state index in [4.69, 9.17) is 11.6 Å². The summed E-state index contributed by atoms with van der Waals surface area (Å²) < 4.78 is 23.9. The van der Waals surface area contributed by atoms with E-state index in [0.717, 1.165) is 25.1 Å². The second-order valence-electron chi connectivity index (χ2n) is 5.36. The van der Waals surface area contributed by atoms with E-state index in [1.165, 1.54) is 0 Å². The van der Waals surface area contributed by atoms with Crippen LogP contribution in [0.4, 0.5) is 0 Å². The zero-order valence-electron chi connectivity index (χ0n) is 12.9. The van der Waals surface area contributed by atoms with Crippen LogP contribution in [0, 0.1) is 0 Å². The fourth-order valence-electron chi connectivity index (χ4n) is 2.36. The first-order chi connectivity index (χ1) is 10.00. The monoisotopic (exact) mass is 331 g/mol. The number of hydrogen-bond donors (Lipinski definition) is 1. The highest BCUT2D eigenvalue weighted by molar-refractivity contribution is 7.91. The Morgan fingerprint density at radius 3 is 2.48 bits per heavy atom. The van der Waals surface area contributed by atoms with Crippen molar-refractivity contribution in [1.29, 1.82) is 0 Å². The van der Waals surface area contributed by atoms with Crippen LogP contribution in [0.3, 0.4) is 0 Å². The first kappa shape index (κ1) is 18.5. The minimum Gasteiger partial charge on any atom is -0.316 e. The summed E-state index contributed by atoms with van der Waals surface area (Å²) in [6.45, 7) is 5.71. The Balaban J connectivity index is 2.76. The van der Waals surface area contributed by atoms with Crippen molar-refractivity contribution in [1.82, 2.24) is 5.32 Å². The molecule has 1 atom stereocenters. The van der Waals surface area contributed by atoms with Crippen LogP contribution in [0.2, 0.25) is 5.02 Å². The van der Waals surface area contributed by atoms with Crippen LogP contribution in [0.15, 0.2) is 24.3 Å². The molecule has 1 rings (SSSR count). The molecular weight excluding hydrogens is 306 g/mol. The molecule has 0 aliphatic carbocycles. The number of nitrogens with one attached hydrogen (secondary N) is 1. The molecule has 5 heteroatoms. The molecule has 0 aromatic heterocycles. The summed E-state index contributed by atoms with van der Waals surface area (Å²) in [5.74, 6) is 0.631. The lowest BCUT2D eigenvalue weighted by molar-refractivity contribution is 0.554. The Morgan fingerprint density at radius 1 is 1.14 bits per heavy atom. The van der Waals surface area contributed by atoms with Crippen molar-refractivity contribution in [3.05, 3.63) is 34.9 Å². The van der Waals surface area contributed by atoms with Gasteiger partial charge < -0.3 is 5.32 Å². The van der Waals surface area contributed by atoms with E-state index in [9.17, 15) is 8.42 Å². The summed E-state index contributed by atoms with van der Waals surface area (Å²) in [5.41, 5.74) is 1.04. The van der Waals surface area contributed by atoms with Crippen LogP contribution in [-0.4, -0.2) is 33.0 Å². The van der Waals surface area contributed by atoms with Gasteiger partial charge in [0.15, 0.2) is 0 Å². The molecule has 0 radical (unpaired) electrons. The normalized spacial score (nSPS) is 13.3. The molecule has 3 nitrogen and oxygen atoms in total. The molecule has 0 amide bonds. The number of benzene rings is 1. The van der Waals surface area contributed by atoms with Crippen molar-refractivity contribution in [2.24, 2.45) is 0 Å². The summed E-state index contributed by atoms with van der Waals surface area (Å²) in [6, 6.07) is 7.71. The largest absolute Gasteiger partial charge is 0.316 e. The Kier molecular flexibility index (Phi) is 8.30. The zero-order chi connectivity index (χ0) is 15.7. The summed E-state index contributed by atoms with van der Waals surface area (Å²) in [6.07, 6.45) is 2.35. The average molecular weight is 332 g/mol. The second-order valence-corrected chi connectivity index (χ2v) is 8.07. The van der Waals surface area contributed by atoms with Crippen molar-refractivity contribution in [3.63, 3.8) is 0 Å². The Bertz CT molecular complexity index is 517.